The molecule has 0 atom stereocenters. The highest BCUT2D eigenvalue weighted by Crippen LogP contribution is 2.20. The first kappa shape index (κ1) is 17.0. The van der Waals surface area contributed by atoms with Gasteiger partial charge in [0.15, 0.2) is 5.84 Å². The molecule has 0 unspecified atom stereocenters. The lowest BCUT2D eigenvalue weighted by molar-refractivity contribution is -0.118. The molecule has 0 bridgehead atoms. The van der Waals surface area contributed by atoms with E-state index in [1.54, 1.807) is 30.1 Å². The van der Waals surface area contributed by atoms with Gasteiger partial charge in [0.05, 0.1) is 5.69 Å². The Bertz CT molecular complexity index is 486. The number of oxime groups is 1. The van der Waals surface area contributed by atoms with E-state index < -0.39 is 0 Å². The minimum Gasteiger partial charge on any atom is -0.409 e. The van der Waals surface area contributed by atoms with E-state index in [9.17, 15) is 4.79 Å². The van der Waals surface area contributed by atoms with E-state index in [0.29, 0.717) is 17.7 Å². The smallest absolute Gasteiger partial charge is 0.226 e. The molecule has 0 aliphatic carbocycles. The maximum absolute atomic E-state index is 12.2. The highest BCUT2D eigenvalue weighted by atomic mass is 16.4. The fraction of sp³-hybridized carbons (Fsp3) is 0.500. The molecule has 5 nitrogen and oxygen atoms in total. The van der Waals surface area contributed by atoms with Crippen LogP contribution in [0, 0.1) is 0 Å². The average Bonchev–Trinajstić information content (AvgIpc) is 2.53. The number of unbranched alkanes of at least 4 members (excludes halogenated alkanes) is 4. The molecule has 5 heteroatoms. The van der Waals surface area contributed by atoms with Crippen molar-refractivity contribution in [2.45, 2.75) is 45.4 Å². The Balaban J connectivity index is 2.66. The van der Waals surface area contributed by atoms with E-state index in [1.807, 2.05) is 6.07 Å². The minimum atomic E-state index is 0.00759. The third-order valence-corrected chi connectivity index (χ3v) is 3.52. The Morgan fingerprint density at radius 2 is 1.90 bits per heavy atom. The zero-order valence-electron chi connectivity index (χ0n) is 12.9. The minimum absolute atomic E-state index is 0.00759. The molecule has 0 spiro atoms. The largest absolute Gasteiger partial charge is 0.409 e. The predicted octanol–water partition coefficient (Wildman–Crippen LogP) is 3.10. The molecule has 0 heterocycles. The van der Waals surface area contributed by atoms with Crippen LogP contribution >= 0.6 is 0 Å². The Labute approximate surface area is 126 Å². The summed E-state index contributed by atoms with van der Waals surface area (Å²) >= 11 is 0. The second kappa shape index (κ2) is 9.00. The number of nitrogens with two attached hydrogens (primary N) is 1. The quantitative estimate of drug-likeness (QED) is 0.254. The summed E-state index contributed by atoms with van der Waals surface area (Å²) in [4.78, 5) is 13.8. The van der Waals surface area contributed by atoms with Crippen LogP contribution in [0.3, 0.4) is 0 Å². The number of rotatable bonds is 8. The van der Waals surface area contributed by atoms with E-state index in [1.165, 1.54) is 19.3 Å². The van der Waals surface area contributed by atoms with Gasteiger partial charge in [0.2, 0.25) is 5.91 Å². The molecule has 3 N–H and O–H groups in total. The van der Waals surface area contributed by atoms with E-state index in [2.05, 4.69) is 12.1 Å². The van der Waals surface area contributed by atoms with Gasteiger partial charge in [-0.05, 0) is 18.6 Å². The zero-order chi connectivity index (χ0) is 15.7. The summed E-state index contributed by atoms with van der Waals surface area (Å²) in [5.74, 6) is 0.0536. The summed E-state index contributed by atoms with van der Waals surface area (Å²) < 4.78 is 0. The van der Waals surface area contributed by atoms with Crippen LogP contribution in [0.2, 0.25) is 0 Å². The first-order valence-electron chi connectivity index (χ1n) is 7.45. The first-order valence-corrected chi connectivity index (χ1v) is 7.45. The fourth-order valence-electron chi connectivity index (χ4n) is 2.22. The van der Waals surface area contributed by atoms with Gasteiger partial charge in [-0.1, -0.05) is 49.9 Å². The van der Waals surface area contributed by atoms with Gasteiger partial charge in [0.25, 0.3) is 0 Å². The summed E-state index contributed by atoms with van der Waals surface area (Å²) in [7, 11) is 1.72. The Morgan fingerprint density at radius 1 is 1.24 bits per heavy atom. The van der Waals surface area contributed by atoms with Gasteiger partial charge in [0.1, 0.15) is 0 Å². The monoisotopic (exact) mass is 291 g/mol. The number of para-hydroxylation sites is 1. The number of hydrogen-bond donors (Lipinski definition) is 2. The molecule has 0 aliphatic heterocycles. The van der Waals surface area contributed by atoms with Crippen molar-refractivity contribution < 1.29 is 10.0 Å². The van der Waals surface area contributed by atoms with Gasteiger partial charge < -0.3 is 15.8 Å². The summed E-state index contributed by atoms with van der Waals surface area (Å²) in [5, 5.41) is 11.8. The lowest BCUT2D eigenvalue weighted by Gasteiger charge is -2.20. The molecule has 0 saturated carbocycles. The van der Waals surface area contributed by atoms with Crippen molar-refractivity contribution in [1.29, 1.82) is 0 Å². The highest BCUT2D eigenvalue weighted by molar-refractivity contribution is 6.06. The van der Waals surface area contributed by atoms with E-state index in [-0.39, 0.29) is 11.7 Å². The molecule has 0 saturated heterocycles. The van der Waals surface area contributed by atoms with Gasteiger partial charge in [-0.25, -0.2) is 0 Å². The maximum atomic E-state index is 12.2. The topological polar surface area (TPSA) is 78.9 Å². The number of amidine groups is 1. The van der Waals surface area contributed by atoms with Crippen molar-refractivity contribution in [1.82, 2.24) is 0 Å². The molecule has 1 amide bonds. The van der Waals surface area contributed by atoms with Crippen LogP contribution in [0.25, 0.3) is 0 Å². The zero-order valence-corrected chi connectivity index (χ0v) is 12.9. The SMILES string of the molecule is CCCCCCCC(=O)N(C)c1ccccc1/C(N)=N/O. The third-order valence-electron chi connectivity index (χ3n) is 3.52. The second-order valence-electron chi connectivity index (χ2n) is 5.12. The van der Waals surface area contributed by atoms with Gasteiger partial charge in [0, 0.05) is 19.0 Å². The number of nitrogens with zero attached hydrogens (tertiary/aromatic N) is 2. The summed E-state index contributed by atoms with van der Waals surface area (Å²) in [5.41, 5.74) is 6.87. The van der Waals surface area contributed by atoms with Crippen LogP contribution in [0.4, 0.5) is 5.69 Å². The molecule has 1 aromatic rings. The predicted molar refractivity (Wildman–Crippen MR) is 85.7 cm³/mol. The Kier molecular flexibility index (Phi) is 7.29. The molecule has 0 fully saturated rings. The Hall–Kier alpha value is -2.04. The lowest BCUT2D eigenvalue weighted by atomic mass is 10.1. The maximum Gasteiger partial charge on any atom is 0.226 e. The molecule has 21 heavy (non-hydrogen) atoms. The summed E-state index contributed by atoms with van der Waals surface area (Å²) in [6, 6.07) is 7.15. The van der Waals surface area contributed by atoms with Crippen LogP contribution in [0.5, 0.6) is 0 Å². The van der Waals surface area contributed by atoms with Crippen LogP contribution in [-0.4, -0.2) is 24.0 Å². The van der Waals surface area contributed by atoms with Crippen LogP contribution < -0.4 is 10.6 Å². The number of hydrogen-bond acceptors (Lipinski definition) is 3. The number of anilines is 1. The molecule has 1 aromatic carbocycles. The Morgan fingerprint density at radius 3 is 2.57 bits per heavy atom. The molecule has 1 rings (SSSR count). The number of amides is 1. The molecule has 0 radical (unpaired) electrons. The molecule has 116 valence electrons. The van der Waals surface area contributed by atoms with Crippen molar-refractivity contribution >= 4 is 17.4 Å². The van der Waals surface area contributed by atoms with Gasteiger partial charge >= 0.3 is 0 Å². The normalized spacial score (nSPS) is 11.4. The van der Waals surface area contributed by atoms with Crippen LogP contribution in [0.1, 0.15) is 51.0 Å². The molecular formula is C16H25N3O2. The van der Waals surface area contributed by atoms with Crippen LogP contribution in [0.15, 0.2) is 29.4 Å². The highest BCUT2D eigenvalue weighted by Gasteiger charge is 2.15. The van der Waals surface area contributed by atoms with Crippen molar-refractivity contribution in [3.63, 3.8) is 0 Å². The van der Waals surface area contributed by atoms with E-state index in [4.69, 9.17) is 10.9 Å². The van der Waals surface area contributed by atoms with Crippen LogP contribution in [-0.2, 0) is 4.79 Å². The summed E-state index contributed by atoms with van der Waals surface area (Å²) in [6.07, 6.45) is 6.08. The van der Waals surface area contributed by atoms with Gasteiger partial charge in [-0.2, -0.15) is 0 Å². The van der Waals surface area contributed by atoms with Gasteiger partial charge in [-0.3, -0.25) is 4.79 Å². The molecule has 0 aliphatic rings. The molecular weight excluding hydrogens is 266 g/mol. The molecule has 0 aromatic heterocycles. The first-order chi connectivity index (χ1) is 10.1. The van der Waals surface area contributed by atoms with E-state index >= 15 is 0 Å². The lowest BCUT2D eigenvalue weighted by Crippen LogP contribution is -2.28. The average molecular weight is 291 g/mol. The fourth-order valence-corrected chi connectivity index (χ4v) is 2.22. The standard InChI is InChI=1S/C16H25N3O2/c1-3-4-5-6-7-12-15(20)19(2)14-11-9-8-10-13(14)16(17)18-21/h8-11,21H,3-7,12H2,1-2H3,(H2,17,18). The number of carbonyl (C=O) groups is 1. The van der Waals surface area contributed by atoms with Crippen molar-refractivity contribution in [2.75, 3.05) is 11.9 Å². The second-order valence-corrected chi connectivity index (χ2v) is 5.12. The number of benzene rings is 1. The van der Waals surface area contributed by atoms with Crippen molar-refractivity contribution in [3.05, 3.63) is 29.8 Å². The third kappa shape index (κ3) is 5.10. The summed E-state index contributed by atoms with van der Waals surface area (Å²) in [6.45, 7) is 2.17. The van der Waals surface area contributed by atoms with Crippen molar-refractivity contribution in [3.8, 4) is 0 Å². The van der Waals surface area contributed by atoms with E-state index in [0.717, 1.165) is 12.8 Å². The van der Waals surface area contributed by atoms with Crippen molar-refractivity contribution in [2.24, 2.45) is 10.9 Å². The number of carbonyl (C=O) groups excluding carboxylic acids is 1. The van der Waals surface area contributed by atoms with Gasteiger partial charge in [-0.15, -0.1) is 0 Å².